The highest BCUT2D eigenvalue weighted by Crippen LogP contribution is 2.30. The van der Waals surface area contributed by atoms with Gasteiger partial charge >= 0.3 is 0 Å². The summed E-state index contributed by atoms with van der Waals surface area (Å²) < 4.78 is 21.3. The Morgan fingerprint density at radius 3 is 2.46 bits per heavy atom. The number of ether oxygens (including phenoxy) is 4. The Morgan fingerprint density at radius 2 is 1.81 bits per heavy atom. The summed E-state index contributed by atoms with van der Waals surface area (Å²) in [6.07, 6.45) is 0.717. The summed E-state index contributed by atoms with van der Waals surface area (Å²) in [4.78, 5) is 23.0. The number of carbonyl (C=O) groups is 2. The maximum atomic E-state index is 12.2. The highest BCUT2D eigenvalue weighted by Gasteiger charge is 2.12. The number of carbonyl (C=O) groups excluding carboxylic acids is 2. The monoisotopic (exact) mass is 359 g/mol. The second-order valence-electron chi connectivity index (χ2n) is 5.16. The van der Waals surface area contributed by atoms with Crippen molar-refractivity contribution in [2.45, 2.75) is 6.92 Å². The second-order valence-corrected chi connectivity index (χ2v) is 5.16. The fraction of sp³-hybridized carbons (Fsp3) is 0.263. The minimum Gasteiger partial charge on any atom is -0.497 e. The number of amides is 1. The van der Waals surface area contributed by atoms with Crippen LogP contribution in [0.2, 0.25) is 0 Å². The maximum absolute atomic E-state index is 12.2. The van der Waals surface area contributed by atoms with Gasteiger partial charge in [-0.15, -0.1) is 0 Å². The van der Waals surface area contributed by atoms with Crippen LogP contribution in [0, 0.1) is 0 Å². The highest BCUT2D eigenvalue weighted by atomic mass is 16.5. The molecule has 0 heterocycles. The van der Waals surface area contributed by atoms with Crippen LogP contribution in [0.5, 0.6) is 23.0 Å². The Hall–Kier alpha value is -3.22. The van der Waals surface area contributed by atoms with Crippen LogP contribution in [0.25, 0.3) is 0 Å². The zero-order valence-electron chi connectivity index (χ0n) is 14.9. The van der Waals surface area contributed by atoms with E-state index in [1.54, 1.807) is 43.5 Å². The lowest BCUT2D eigenvalue weighted by atomic mass is 10.2. The van der Waals surface area contributed by atoms with E-state index in [4.69, 9.17) is 18.9 Å². The molecule has 0 spiro atoms. The van der Waals surface area contributed by atoms with Crippen molar-refractivity contribution in [3.05, 3.63) is 42.0 Å². The molecule has 0 aliphatic carbocycles. The molecule has 0 radical (unpaired) electrons. The van der Waals surface area contributed by atoms with E-state index in [2.05, 4.69) is 5.32 Å². The number of anilines is 1. The molecule has 2 rings (SSSR count). The number of methoxy groups -OCH3 is 2. The lowest BCUT2D eigenvalue weighted by Crippen LogP contribution is -2.20. The fourth-order valence-electron chi connectivity index (χ4n) is 2.22. The van der Waals surface area contributed by atoms with Gasteiger partial charge in [-0.1, -0.05) is 0 Å². The molecular weight excluding hydrogens is 338 g/mol. The molecule has 0 aliphatic heterocycles. The lowest BCUT2D eigenvalue weighted by Gasteiger charge is -2.14. The van der Waals surface area contributed by atoms with Gasteiger partial charge in [-0.25, -0.2) is 0 Å². The van der Waals surface area contributed by atoms with Gasteiger partial charge in [-0.05, 0) is 37.3 Å². The predicted octanol–water partition coefficient (Wildman–Crippen LogP) is 2.93. The van der Waals surface area contributed by atoms with Gasteiger partial charge in [-0.2, -0.15) is 0 Å². The molecule has 26 heavy (non-hydrogen) atoms. The molecule has 0 saturated heterocycles. The molecule has 0 atom stereocenters. The zero-order valence-corrected chi connectivity index (χ0v) is 14.9. The summed E-state index contributed by atoms with van der Waals surface area (Å²) in [5, 5.41) is 2.72. The van der Waals surface area contributed by atoms with Gasteiger partial charge in [0.25, 0.3) is 5.91 Å². The first-order chi connectivity index (χ1) is 12.6. The topological polar surface area (TPSA) is 83.1 Å². The third-order valence-corrected chi connectivity index (χ3v) is 3.45. The van der Waals surface area contributed by atoms with E-state index in [1.165, 1.54) is 7.11 Å². The second kappa shape index (κ2) is 9.31. The van der Waals surface area contributed by atoms with Crippen LogP contribution < -0.4 is 24.3 Å². The summed E-state index contributed by atoms with van der Waals surface area (Å²) >= 11 is 0. The molecular formula is C19H21NO6. The molecule has 0 saturated carbocycles. The summed E-state index contributed by atoms with van der Waals surface area (Å²) in [5.74, 6) is 1.52. The number of benzene rings is 2. The van der Waals surface area contributed by atoms with Crippen LogP contribution in [0.1, 0.15) is 17.3 Å². The van der Waals surface area contributed by atoms with Crippen LogP contribution >= 0.6 is 0 Å². The van der Waals surface area contributed by atoms with Crippen molar-refractivity contribution in [1.82, 2.24) is 0 Å². The summed E-state index contributed by atoms with van der Waals surface area (Å²) in [5.41, 5.74) is 0.969. The average Bonchev–Trinajstić information content (AvgIpc) is 2.67. The quantitative estimate of drug-likeness (QED) is 0.693. The van der Waals surface area contributed by atoms with E-state index < -0.39 is 0 Å². The van der Waals surface area contributed by atoms with Crippen LogP contribution in [0.4, 0.5) is 5.69 Å². The minimum absolute atomic E-state index is 0.226. The van der Waals surface area contributed by atoms with E-state index >= 15 is 0 Å². The molecule has 0 fully saturated rings. The molecule has 7 heteroatoms. The molecule has 1 amide bonds. The summed E-state index contributed by atoms with van der Waals surface area (Å²) in [7, 11) is 3.05. The SMILES string of the molecule is CCOc1cc(C=O)ccc1OCC(=O)Nc1ccc(OC)cc1OC. The van der Waals surface area contributed by atoms with Crippen molar-refractivity contribution in [2.75, 3.05) is 32.8 Å². The number of hydrogen-bond donors (Lipinski definition) is 1. The van der Waals surface area contributed by atoms with Crippen LogP contribution in [0.15, 0.2) is 36.4 Å². The molecule has 1 N–H and O–H groups in total. The van der Waals surface area contributed by atoms with Gasteiger partial charge in [0.05, 0.1) is 26.5 Å². The first-order valence-corrected chi connectivity index (χ1v) is 7.98. The number of nitrogens with one attached hydrogen (secondary N) is 1. The molecule has 0 aliphatic rings. The van der Waals surface area contributed by atoms with E-state index in [0.29, 0.717) is 40.9 Å². The van der Waals surface area contributed by atoms with Gasteiger partial charge in [-0.3, -0.25) is 9.59 Å². The first kappa shape index (κ1) is 19.1. The van der Waals surface area contributed by atoms with E-state index in [-0.39, 0.29) is 12.5 Å². The third-order valence-electron chi connectivity index (χ3n) is 3.45. The van der Waals surface area contributed by atoms with Crippen molar-refractivity contribution in [2.24, 2.45) is 0 Å². The number of aldehydes is 1. The van der Waals surface area contributed by atoms with Gasteiger partial charge in [0.2, 0.25) is 0 Å². The molecule has 138 valence electrons. The Bertz CT molecular complexity index is 775. The van der Waals surface area contributed by atoms with Crippen molar-refractivity contribution in [3.8, 4) is 23.0 Å². The Balaban J connectivity index is 2.04. The molecule has 7 nitrogen and oxygen atoms in total. The summed E-state index contributed by atoms with van der Waals surface area (Å²) in [6.45, 7) is 2.00. The minimum atomic E-state index is -0.365. The van der Waals surface area contributed by atoms with Crippen LogP contribution in [-0.4, -0.2) is 39.6 Å². The molecule has 2 aromatic carbocycles. The van der Waals surface area contributed by atoms with Crippen molar-refractivity contribution >= 4 is 17.9 Å². The fourth-order valence-corrected chi connectivity index (χ4v) is 2.22. The standard InChI is InChI=1S/C19H21NO6/c1-4-25-18-9-13(11-21)5-8-16(18)26-12-19(22)20-15-7-6-14(23-2)10-17(15)24-3/h5-11H,4,12H2,1-3H3,(H,20,22). The average molecular weight is 359 g/mol. The van der Waals surface area contributed by atoms with Gasteiger partial charge in [0.1, 0.15) is 17.8 Å². The predicted molar refractivity (Wildman–Crippen MR) is 96.7 cm³/mol. The smallest absolute Gasteiger partial charge is 0.262 e. The lowest BCUT2D eigenvalue weighted by molar-refractivity contribution is -0.118. The largest absolute Gasteiger partial charge is 0.497 e. The number of rotatable bonds is 9. The molecule has 0 bridgehead atoms. The van der Waals surface area contributed by atoms with Gasteiger partial charge in [0, 0.05) is 11.6 Å². The van der Waals surface area contributed by atoms with E-state index in [9.17, 15) is 9.59 Å². The van der Waals surface area contributed by atoms with Gasteiger partial charge < -0.3 is 24.3 Å². The highest BCUT2D eigenvalue weighted by molar-refractivity contribution is 5.93. The third kappa shape index (κ3) is 4.89. The van der Waals surface area contributed by atoms with E-state index in [0.717, 1.165) is 6.29 Å². The normalized spacial score (nSPS) is 9.96. The Morgan fingerprint density at radius 1 is 1.00 bits per heavy atom. The molecule has 2 aromatic rings. The van der Waals surface area contributed by atoms with Gasteiger partial charge in [0.15, 0.2) is 18.1 Å². The molecule has 0 unspecified atom stereocenters. The van der Waals surface area contributed by atoms with Crippen molar-refractivity contribution in [3.63, 3.8) is 0 Å². The first-order valence-electron chi connectivity index (χ1n) is 7.98. The zero-order chi connectivity index (χ0) is 18.9. The Kier molecular flexibility index (Phi) is 6.84. The summed E-state index contributed by atoms with van der Waals surface area (Å²) in [6, 6.07) is 9.81. The van der Waals surface area contributed by atoms with Crippen LogP contribution in [-0.2, 0) is 4.79 Å². The van der Waals surface area contributed by atoms with E-state index in [1.807, 2.05) is 6.92 Å². The number of hydrogen-bond acceptors (Lipinski definition) is 6. The van der Waals surface area contributed by atoms with Crippen molar-refractivity contribution < 1.29 is 28.5 Å². The van der Waals surface area contributed by atoms with Crippen molar-refractivity contribution in [1.29, 1.82) is 0 Å². The van der Waals surface area contributed by atoms with Crippen LogP contribution in [0.3, 0.4) is 0 Å². The molecule has 0 aromatic heterocycles. The Labute approximate surface area is 151 Å². The maximum Gasteiger partial charge on any atom is 0.262 e.